The molecular weight excluding hydrogens is 259 g/mol. The lowest BCUT2D eigenvalue weighted by atomic mass is 10.1. The third kappa shape index (κ3) is 4.57. The fraction of sp³-hybridized carbons (Fsp3) is 0.462. The smallest absolute Gasteiger partial charge is 0.338 e. The molecule has 0 amide bonds. The van der Waals surface area contributed by atoms with Crippen molar-refractivity contribution in [1.82, 2.24) is 0 Å². The summed E-state index contributed by atoms with van der Waals surface area (Å²) in [5.74, 6) is 0.0261. The van der Waals surface area contributed by atoms with Crippen LogP contribution < -0.4 is 0 Å². The highest BCUT2D eigenvalue weighted by Crippen LogP contribution is 2.23. The highest BCUT2D eigenvalue weighted by atomic mass is 35.5. The predicted molar refractivity (Wildman–Crippen MR) is 70.8 cm³/mol. The normalized spacial score (nSPS) is 12.2. The number of halogens is 2. The maximum atomic E-state index is 11.7. The summed E-state index contributed by atoms with van der Waals surface area (Å²) in [5.41, 5.74) is 0.433. The van der Waals surface area contributed by atoms with Crippen LogP contribution in [0.15, 0.2) is 18.2 Å². The zero-order valence-electron chi connectivity index (χ0n) is 10.0. The van der Waals surface area contributed by atoms with Gasteiger partial charge in [-0.1, -0.05) is 43.5 Å². The molecular formula is C13H16Cl2O2. The predicted octanol–water partition coefficient (Wildman–Crippen LogP) is 4.59. The molecule has 1 aromatic rings. The van der Waals surface area contributed by atoms with E-state index in [0.29, 0.717) is 28.1 Å². The Kier molecular flexibility index (Phi) is 5.79. The van der Waals surface area contributed by atoms with Gasteiger partial charge >= 0.3 is 5.97 Å². The van der Waals surface area contributed by atoms with Crippen LogP contribution in [0.3, 0.4) is 0 Å². The minimum atomic E-state index is -0.355. The minimum absolute atomic E-state index is 0.355. The van der Waals surface area contributed by atoms with Crippen LogP contribution in [0, 0.1) is 5.92 Å². The fourth-order valence-electron chi connectivity index (χ4n) is 1.50. The lowest BCUT2D eigenvalue weighted by Crippen LogP contribution is -2.12. The molecule has 0 saturated carbocycles. The zero-order valence-corrected chi connectivity index (χ0v) is 11.5. The molecule has 0 aliphatic rings. The van der Waals surface area contributed by atoms with Gasteiger partial charge in [-0.05, 0) is 30.5 Å². The van der Waals surface area contributed by atoms with E-state index in [0.717, 1.165) is 12.8 Å². The van der Waals surface area contributed by atoms with E-state index in [2.05, 4.69) is 13.8 Å². The molecule has 1 rings (SSSR count). The summed E-state index contributed by atoms with van der Waals surface area (Å²) in [6, 6.07) is 4.73. The molecule has 0 aliphatic carbocycles. The van der Waals surface area contributed by atoms with Gasteiger partial charge in [-0.25, -0.2) is 4.79 Å². The lowest BCUT2D eigenvalue weighted by molar-refractivity contribution is 0.0443. The van der Waals surface area contributed by atoms with Gasteiger partial charge in [0.1, 0.15) is 0 Å². The Labute approximate surface area is 112 Å². The highest BCUT2D eigenvalue weighted by Gasteiger charge is 2.11. The lowest BCUT2D eigenvalue weighted by Gasteiger charge is -2.11. The van der Waals surface area contributed by atoms with Crippen molar-refractivity contribution in [1.29, 1.82) is 0 Å². The molecule has 4 heteroatoms. The average molecular weight is 275 g/mol. The average Bonchev–Trinajstić information content (AvgIpc) is 2.30. The molecule has 0 fully saturated rings. The number of hydrogen-bond donors (Lipinski definition) is 0. The van der Waals surface area contributed by atoms with Gasteiger partial charge in [0.25, 0.3) is 0 Å². The molecule has 94 valence electrons. The first-order valence-corrected chi connectivity index (χ1v) is 6.42. The summed E-state index contributed by atoms with van der Waals surface area (Å²) in [6.45, 7) is 4.61. The molecule has 1 atom stereocenters. The molecule has 17 heavy (non-hydrogen) atoms. The van der Waals surface area contributed by atoms with Crippen molar-refractivity contribution in [3.8, 4) is 0 Å². The Morgan fingerprint density at radius 3 is 2.65 bits per heavy atom. The van der Waals surface area contributed by atoms with E-state index in [1.807, 2.05) is 0 Å². The number of esters is 1. The summed E-state index contributed by atoms with van der Waals surface area (Å²) >= 11 is 11.6. The number of ether oxygens (including phenoxy) is 1. The maximum absolute atomic E-state index is 11.7. The first kappa shape index (κ1) is 14.3. The minimum Gasteiger partial charge on any atom is -0.462 e. The quantitative estimate of drug-likeness (QED) is 0.735. The standard InChI is InChI=1S/C13H16Cl2O2/c1-3-4-9(2)8-17-13(16)10-5-6-11(14)12(15)7-10/h5-7,9H,3-4,8H2,1-2H3. The van der Waals surface area contributed by atoms with E-state index in [9.17, 15) is 4.79 Å². The van der Waals surface area contributed by atoms with Crippen molar-refractivity contribution in [3.63, 3.8) is 0 Å². The Morgan fingerprint density at radius 1 is 1.35 bits per heavy atom. The van der Waals surface area contributed by atoms with E-state index in [4.69, 9.17) is 27.9 Å². The van der Waals surface area contributed by atoms with E-state index in [1.165, 1.54) is 6.07 Å². The van der Waals surface area contributed by atoms with Gasteiger partial charge in [-0.15, -0.1) is 0 Å². The van der Waals surface area contributed by atoms with Crippen LogP contribution in [0.2, 0.25) is 10.0 Å². The van der Waals surface area contributed by atoms with Gasteiger partial charge in [0.15, 0.2) is 0 Å². The molecule has 0 bridgehead atoms. The van der Waals surface area contributed by atoms with E-state index in [-0.39, 0.29) is 5.97 Å². The van der Waals surface area contributed by atoms with Crippen molar-refractivity contribution in [2.45, 2.75) is 26.7 Å². The third-order valence-electron chi connectivity index (χ3n) is 2.44. The summed E-state index contributed by atoms with van der Waals surface area (Å²) in [7, 11) is 0. The SMILES string of the molecule is CCCC(C)COC(=O)c1ccc(Cl)c(Cl)c1. The van der Waals surface area contributed by atoms with Gasteiger partial charge in [0, 0.05) is 0 Å². The summed E-state index contributed by atoms with van der Waals surface area (Å²) < 4.78 is 5.20. The van der Waals surface area contributed by atoms with E-state index < -0.39 is 0 Å². The summed E-state index contributed by atoms with van der Waals surface area (Å²) in [6.07, 6.45) is 2.14. The van der Waals surface area contributed by atoms with Crippen molar-refractivity contribution >= 4 is 29.2 Å². The second kappa shape index (κ2) is 6.87. The van der Waals surface area contributed by atoms with Gasteiger partial charge in [0.05, 0.1) is 22.2 Å². The molecule has 0 aliphatic heterocycles. The molecule has 1 aromatic carbocycles. The Bertz CT molecular complexity index is 391. The van der Waals surface area contributed by atoms with Gasteiger partial charge in [-0.3, -0.25) is 0 Å². The van der Waals surface area contributed by atoms with Gasteiger partial charge in [0.2, 0.25) is 0 Å². The van der Waals surface area contributed by atoms with Crippen LogP contribution in [-0.2, 0) is 4.74 Å². The third-order valence-corrected chi connectivity index (χ3v) is 3.17. The molecule has 0 spiro atoms. The molecule has 0 aromatic heterocycles. The monoisotopic (exact) mass is 274 g/mol. The number of carbonyl (C=O) groups is 1. The molecule has 0 heterocycles. The van der Waals surface area contributed by atoms with Crippen LogP contribution in [0.1, 0.15) is 37.0 Å². The topological polar surface area (TPSA) is 26.3 Å². The van der Waals surface area contributed by atoms with Gasteiger partial charge in [-0.2, -0.15) is 0 Å². The van der Waals surface area contributed by atoms with Crippen molar-refractivity contribution in [3.05, 3.63) is 33.8 Å². The second-order valence-corrected chi connectivity index (χ2v) is 4.94. The van der Waals surface area contributed by atoms with Crippen molar-refractivity contribution < 1.29 is 9.53 Å². The number of rotatable bonds is 5. The van der Waals surface area contributed by atoms with Crippen LogP contribution in [0.4, 0.5) is 0 Å². The number of hydrogen-bond acceptors (Lipinski definition) is 2. The van der Waals surface area contributed by atoms with E-state index >= 15 is 0 Å². The van der Waals surface area contributed by atoms with Gasteiger partial charge < -0.3 is 4.74 Å². The van der Waals surface area contributed by atoms with Crippen LogP contribution >= 0.6 is 23.2 Å². The summed E-state index contributed by atoms with van der Waals surface area (Å²) in [5, 5.41) is 0.797. The molecule has 0 saturated heterocycles. The van der Waals surface area contributed by atoms with Crippen molar-refractivity contribution in [2.24, 2.45) is 5.92 Å². The largest absolute Gasteiger partial charge is 0.462 e. The second-order valence-electron chi connectivity index (χ2n) is 4.12. The first-order chi connectivity index (χ1) is 8.04. The Morgan fingerprint density at radius 2 is 2.06 bits per heavy atom. The van der Waals surface area contributed by atoms with Crippen LogP contribution in [-0.4, -0.2) is 12.6 Å². The molecule has 2 nitrogen and oxygen atoms in total. The first-order valence-electron chi connectivity index (χ1n) is 5.66. The molecule has 0 radical (unpaired) electrons. The highest BCUT2D eigenvalue weighted by molar-refractivity contribution is 6.42. The Hall–Kier alpha value is -0.730. The van der Waals surface area contributed by atoms with Crippen LogP contribution in [0.25, 0.3) is 0 Å². The fourth-order valence-corrected chi connectivity index (χ4v) is 1.80. The molecule has 1 unspecified atom stereocenters. The van der Waals surface area contributed by atoms with Crippen molar-refractivity contribution in [2.75, 3.05) is 6.61 Å². The Balaban J connectivity index is 2.55. The zero-order chi connectivity index (χ0) is 12.8. The molecule has 0 N–H and O–H groups in total. The summed E-state index contributed by atoms with van der Waals surface area (Å²) in [4.78, 5) is 11.7. The maximum Gasteiger partial charge on any atom is 0.338 e. The number of carbonyl (C=O) groups excluding carboxylic acids is 1. The number of benzene rings is 1. The van der Waals surface area contributed by atoms with E-state index in [1.54, 1.807) is 12.1 Å². The van der Waals surface area contributed by atoms with Crippen LogP contribution in [0.5, 0.6) is 0 Å².